The fraction of sp³-hybridized carbons (Fsp3) is 0.500. The first-order valence-electron chi connectivity index (χ1n) is 12.0. The predicted molar refractivity (Wildman–Crippen MR) is 129 cm³/mol. The Labute approximate surface area is 197 Å². The molecule has 0 spiro atoms. The van der Waals surface area contributed by atoms with Crippen LogP contribution in [-0.4, -0.2) is 38.8 Å². The van der Waals surface area contributed by atoms with Crippen molar-refractivity contribution in [1.29, 1.82) is 0 Å². The van der Waals surface area contributed by atoms with Gasteiger partial charge in [-0.15, -0.1) is 0 Å². The predicted octanol–water partition coefficient (Wildman–Crippen LogP) is 4.63. The van der Waals surface area contributed by atoms with Crippen LogP contribution in [0.3, 0.4) is 0 Å². The number of aryl methyl sites for hydroxylation is 2. The molecule has 2 aromatic carbocycles. The van der Waals surface area contributed by atoms with Crippen molar-refractivity contribution in [2.75, 3.05) is 20.2 Å². The van der Waals surface area contributed by atoms with E-state index in [4.69, 9.17) is 4.74 Å². The molecule has 1 saturated heterocycles. The van der Waals surface area contributed by atoms with Crippen molar-refractivity contribution < 1.29 is 17.9 Å². The molecule has 0 aromatic heterocycles. The Kier molecular flexibility index (Phi) is 7.39. The summed E-state index contributed by atoms with van der Waals surface area (Å²) in [6, 6.07) is 10.8. The normalized spacial score (nSPS) is 18.1. The standard InChI is InChI=1S/C26H34N2O4S/c1-19(21-12-11-20-9-5-6-10-22(20)17-21)27-26(29)24-18-23(13-14-25(24)32-2)33(30,31)28-15-7-3-4-8-16-28/h11-14,17-19H,3-10,15-16H2,1-2H3,(H,27,29). The topological polar surface area (TPSA) is 75.7 Å². The van der Waals surface area contributed by atoms with Gasteiger partial charge in [-0.25, -0.2) is 8.42 Å². The molecule has 178 valence electrons. The summed E-state index contributed by atoms with van der Waals surface area (Å²) in [4.78, 5) is 13.3. The molecule has 0 saturated carbocycles. The van der Waals surface area contributed by atoms with E-state index in [0.29, 0.717) is 18.8 Å². The van der Waals surface area contributed by atoms with Gasteiger partial charge in [0, 0.05) is 13.1 Å². The summed E-state index contributed by atoms with van der Waals surface area (Å²) in [6.45, 7) is 2.99. The Morgan fingerprint density at radius 2 is 1.64 bits per heavy atom. The number of carbonyl (C=O) groups is 1. The zero-order valence-electron chi connectivity index (χ0n) is 19.6. The highest BCUT2D eigenvalue weighted by Gasteiger charge is 2.27. The fourth-order valence-corrected chi connectivity index (χ4v) is 6.38. The average molecular weight is 471 g/mol. The van der Waals surface area contributed by atoms with Crippen molar-refractivity contribution >= 4 is 15.9 Å². The highest BCUT2D eigenvalue weighted by Crippen LogP contribution is 2.28. The van der Waals surface area contributed by atoms with Crippen LogP contribution in [-0.2, 0) is 22.9 Å². The summed E-state index contributed by atoms with van der Waals surface area (Å²) < 4.78 is 33.4. The van der Waals surface area contributed by atoms with Crippen LogP contribution in [0.5, 0.6) is 5.75 Å². The molecule has 2 aliphatic rings. The van der Waals surface area contributed by atoms with Gasteiger partial charge in [-0.2, -0.15) is 4.31 Å². The molecule has 1 N–H and O–H groups in total. The van der Waals surface area contributed by atoms with E-state index < -0.39 is 10.0 Å². The van der Waals surface area contributed by atoms with Gasteiger partial charge in [0.05, 0.1) is 23.6 Å². The monoisotopic (exact) mass is 470 g/mol. The fourth-order valence-electron chi connectivity index (χ4n) is 4.84. The molecule has 2 aromatic rings. The molecule has 1 amide bonds. The van der Waals surface area contributed by atoms with Crippen LogP contribution < -0.4 is 10.1 Å². The zero-order chi connectivity index (χ0) is 23.4. The van der Waals surface area contributed by atoms with Gasteiger partial charge in [0.2, 0.25) is 10.0 Å². The Morgan fingerprint density at radius 1 is 0.939 bits per heavy atom. The summed E-state index contributed by atoms with van der Waals surface area (Å²) in [5.74, 6) is 0.0185. The molecule has 1 heterocycles. The van der Waals surface area contributed by atoms with E-state index in [2.05, 4.69) is 23.5 Å². The number of ether oxygens (including phenoxy) is 1. The molecular formula is C26H34N2O4S. The third kappa shape index (κ3) is 5.25. The molecule has 7 heteroatoms. The van der Waals surface area contributed by atoms with Crippen LogP contribution in [0, 0.1) is 0 Å². The van der Waals surface area contributed by atoms with Gasteiger partial charge < -0.3 is 10.1 Å². The first-order chi connectivity index (χ1) is 15.9. The number of nitrogens with one attached hydrogen (secondary N) is 1. The van der Waals surface area contributed by atoms with Crippen molar-refractivity contribution in [3.8, 4) is 5.75 Å². The summed E-state index contributed by atoms with van der Waals surface area (Å²) in [5.41, 5.74) is 4.05. The highest BCUT2D eigenvalue weighted by atomic mass is 32.2. The molecule has 1 aliphatic carbocycles. The van der Waals surface area contributed by atoms with Gasteiger partial charge in [-0.05, 0) is 80.3 Å². The van der Waals surface area contributed by atoms with Crippen LogP contribution in [0.1, 0.15) is 78.5 Å². The summed E-state index contributed by atoms with van der Waals surface area (Å²) in [5, 5.41) is 3.03. The molecule has 0 radical (unpaired) electrons. The second-order valence-electron chi connectivity index (χ2n) is 9.11. The van der Waals surface area contributed by atoms with Crippen LogP contribution in [0.25, 0.3) is 0 Å². The Bertz CT molecular complexity index is 1110. The molecular weight excluding hydrogens is 436 g/mol. The lowest BCUT2D eigenvalue weighted by atomic mass is 9.89. The number of fused-ring (bicyclic) bond motifs is 1. The van der Waals surface area contributed by atoms with E-state index in [1.165, 1.54) is 43.2 Å². The highest BCUT2D eigenvalue weighted by molar-refractivity contribution is 7.89. The number of carbonyl (C=O) groups excluding carboxylic acids is 1. The number of sulfonamides is 1. The number of hydrogen-bond donors (Lipinski definition) is 1. The number of benzene rings is 2. The van der Waals surface area contributed by atoms with E-state index in [1.54, 1.807) is 10.4 Å². The van der Waals surface area contributed by atoms with E-state index in [-0.39, 0.29) is 22.4 Å². The van der Waals surface area contributed by atoms with E-state index in [9.17, 15) is 13.2 Å². The third-order valence-corrected chi connectivity index (χ3v) is 8.73. The lowest BCUT2D eigenvalue weighted by Crippen LogP contribution is -2.32. The smallest absolute Gasteiger partial charge is 0.255 e. The Balaban J connectivity index is 1.56. The maximum absolute atomic E-state index is 13.2. The summed E-state index contributed by atoms with van der Waals surface area (Å²) in [6.07, 6.45) is 8.44. The van der Waals surface area contributed by atoms with Gasteiger partial charge in [0.25, 0.3) is 5.91 Å². The molecule has 1 unspecified atom stereocenters. The van der Waals surface area contributed by atoms with E-state index in [0.717, 1.165) is 44.1 Å². The lowest BCUT2D eigenvalue weighted by molar-refractivity contribution is 0.0936. The van der Waals surface area contributed by atoms with Gasteiger partial charge in [-0.1, -0.05) is 31.0 Å². The first-order valence-corrected chi connectivity index (χ1v) is 13.4. The van der Waals surface area contributed by atoms with Crippen LogP contribution >= 0.6 is 0 Å². The molecule has 4 rings (SSSR count). The average Bonchev–Trinajstić information content (AvgIpc) is 3.13. The number of methoxy groups -OCH3 is 1. The van der Waals surface area contributed by atoms with Gasteiger partial charge in [-0.3, -0.25) is 4.79 Å². The molecule has 0 bridgehead atoms. The summed E-state index contributed by atoms with van der Waals surface area (Å²) >= 11 is 0. The van der Waals surface area contributed by atoms with Gasteiger partial charge in [0.15, 0.2) is 0 Å². The minimum absolute atomic E-state index is 0.136. The van der Waals surface area contributed by atoms with Crippen molar-refractivity contribution in [3.63, 3.8) is 0 Å². The Morgan fingerprint density at radius 3 is 2.33 bits per heavy atom. The molecule has 1 fully saturated rings. The maximum Gasteiger partial charge on any atom is 0.255 e. The van der Waals surface area contributed by atoms with Crippen molar-refractivity contribution in [3.05, 3.63) is 58.7 Å². The Hall–Kier alpha value is -2.38. The first kappa shape index (κ1) is 23.8. The van der Waals surface area contributed by atoms with Gasteiger partial charge >= 0.3 is 0 Å². The summed E-state index contributed by atoms with van der Waals surface area (Å²) in [7, 11) is -2.17. The van der Waals surface area contributed by atoms with Crippen molar-refractivity contribution in [2.45, 2.75) is 69.2 Å². The zero-order valence-corrected chi connectivity index (χ0v) is 20.4. The third-order valence-electron chi connectivity index (χ3n) is 6.84. The van der Waals surface area contributed by atoms with Crippen molar-refractivity contribution in [2.24, 2.45) is 0 Å². The maximum atomic E-state index is 13.2. The van der Waals surface area contributed by atoms with Crippen LogP contribution in [0.15, 0.2) is 41.3 Å². The van der Waals surface area contributed by atoms with Crippen LogP contribution in [0.4, 0.5) is 0 Å². The lowest BCUT2D eigenvalue weighted by Gasteiger charge is -2.22. The van der Waals surface area contributed by atoms with E-state index >= 15 is 0 Å². The second kappa shape index (κ2) is 10.3. The molecule has 1 aliphatic heterocycles. The number of nitrogens with zero attached hydrogens (tertiary/aromatic N) is 1. The minimum Gasteiger partial charge on any atom is -0.496 e. The SMILES string of the molecule is COc1ccc(S(=O)(=O)N2CCCCCC2)cc1C(=O)NC(C)c1ccc2c(c1)CCCC2. The second-order valence-corrected chi connectivity index (χ2v) is 11.0. The molecule has 1 atom stereocenters. The number of hydrogen-bond acceptors (Lipinski definition) is 4. The molecule has 33 heavy (non-hydrogen) atoms. The number of rotatable bonds is 6. The minimum atomic E-state index is -3.66. The number of amides is 1. The van der Waals surface area contributed by atoms with E-state index in [1.807, 2.05) is 6.92 Å². The largest absolute Gasteiger partial charge is 0.496 e. The van der Waals surface area contributed by atoms with Crippen LogP contribution in [0.2, 0.25) is 0 Å². The quantitative estimate of drug-likeness (QED) is 0.668. The van der Waals surface area contributed by atoms with Gasteiger partial charge in [0.1, 0.15) is 5.75 Å². The molecule has 6 nitrogen and oxygen atoms in total. The van der Waals surface area contributed by atoms with Crippen molar-refractivity contribution in [1.82, 2.24) is 9.62 Å².